The summed E-state index contributed by atoms with van der Waals surface area (Å²) in [6, 6.07) is 7.65. The Morgan fingerprint density at radius 3 is 2.67 bits per heavy atom. The standard InChI is InChI=1S/C12H13ClO2/c1-2-10-11(7-15-12(10)14)8-3-5-9(13)6-4-8/h3-6,10-11H,2,7H2,1H3/t10-,11+/m0/s1. The van der Waals surface area contributed by atoms with Crippen LogP contribution in [0.3, 0.4) is 0 Å². The molecule has 1 heterocycles. The van der Waals surface area contributed by atoms with Crippen LogP contribution in [0, 0.1) is 5.92 Å². The van der Waals surface area contributed by atoms with Crippen molar-refractivity contribution >= 4 is 17.6 Å². The molecule has 0 saturated carbocycles. The van der Waals surface area contributed by atoms with Gasteiger partial charge in [0, 0.05) is 10.9 Å². The van der Waals surface area contributed by atoms with Crippen LogP contribution < -0.4 is 0 Å². The van der Waals surface area contributed by atoms with Gasteiger partial charge in [0.05, 0.1) is 12.5 Å². The molecule has 3 heteroatoms. The van der Waals surface area contributed by atoms with E-state index >= 15 is 0 Å². The average molecular weight is 225 g/mol. The van der Waals surface area contributed by atoms with E-state index in [4.69, 9.17) is 16.3 Å². The summed E-state index contributed by atoms with van der Waals surface area (Å²) in [4.78, 5) is 11.4. The summed E-state index contributed by atoms with van der Waals surface area (Å²) in [7, 11) is 0. The topological polar surface area (TPSA) is 26.3 Å². The summed E-state index contributed by atoms with van der Waals surface area (Å²) in [5.74, 6) is 0.128. The minimum absolute atomic E-state index is 0.00572. The van der Waals surface area contributed by atoms with Crippen molar-refractivity contribution in [3.05, 3.63) is 34.9 Å². The maximum atomic E-state index is 11.4. The van der Waals surface area contributed by atoms with Crippen LogP contribution in [0.2, 0.25) is 5.02 Å². The van der Waals surface area contributed by atoms with Gasteiger partial charge in [-0.15, -0.1) is 0 Å². The van der Waals surface area contributed by atoms with Gasteiger partial charge in [0.15, 0.2) is 0 Å². The van der Waals surface area contributed by atoms with Crippen molar-refractivity contribution in [2.75, 3.05) is 6.61 Å². The number of hydrogen-bond acceptors (Lipinski definition) is 2. The second-order valence-corrected chi connectivity index (χ2v) is 4.24. The fourth-order valence-electron chi connectivity index (χ4n) is 2.05. The number of carbonyl (C=O) groups is 1. The Morgan fingerprint density at radius 1 is 1.40 bits per heavy atom. The smallest absolute Gasteiger partial charge is 0.309 e. The lowest BCUT2D eigenvalue weighted by Crippen LogP contribution is -2.13. The van der Waals surface area contributed by atoms with Crippen LogP contribution in [-0.2, 0) is 9.53 Å². The van der Waals surface area contributed by atoms with E-state index in [2.05, 4.69) is 0 Å². The number of carbonyl (C=O) groups excluding carboxylic acids is 1. The molecule has 0 radical (unpaired) electrons. The molecule has 0 aliphatic carbocycles. The second-order valence-electron chi connectivity index (χ2n) is 3.80. The third-order valence-electron chi connectivity index (χ3n) is 2.93. The summed E-state index contributed by atoms with van der Waals surface area (Å²) in [6.07, 6.45) is 0.826. The van der Waals surface area contributed by atoms with E-state index in [-0.39, 0.29) is 17.8 Å². The maximum Gasteiger partial charge on any atom is 0.309 e. The van der Waals surface area contributed by atoms with Gasteiger partial charge >= 0.3 is 5.97 Å². The van der Waals surface area contributed by atoms with Gasteiger partial charge in [-0.2, -0.15) is 0 Å². The number of cyclic esters (lactones) is 1. The lowest BCUT2D eigenvalue weighted by Gasteiger charge is -2.13. The number of esters is 1. The van der Waals surface area contributed by atoms with E-state index in [1.165, 1.54) is 0 Å². The van der Waals surface area contributed by atoms with Crippen LogP contribution in [-0.4, -0.2) is 12.6 Å². The van der Waals surface area contributed by atoms with Gasteiger partial charge in [0.25, 0.3) is 0 Å². The van der Waals surface area contributed by atoms with Crippen LogP contribution in [0.15, 0.2) is 24.3 Å². The molecule has 0 N–H and O–H groups in total. The Morgan fingerprint density at radius 2 is 2.07 bits per heavy atom. The molecule has 1 aromatic rings. The normalized spacial score (nSPS) is 25.3. The summed E-state index contributed by atoms with van der Waals surface area (Å²) in [6.45, 7) is 2.51. The molecule has 1 aliphatic heterocycles. The maximum absolute atomic E-state index is 11.4. The molecule has 0 amide bonds. The van der Waals surface area contributed by atoms with Crippen LogP contribution in [0.4, 0.5) is 0 Å². The third-order valence-corrected chi connectivity index (χ3v) is 3.18. The Hall–Kier alpha value is -1.02. The summed E-state index contributed by atoms with van der Waals surface area (Å²) >= 11 is 5.82. The molecular formula is C12H13ClO2. The first-order valence-corrected chi connectivity index (χ1v) is 5.52. The number of benzene rings is 1. The van der Waals surface area contributed by atoms with Crippen molar-refractivity contribution in [1.29, 1.82) is 0 Å². The van der Waals surface area contributed by atoms with E-state index in [0.29, 0.717) is 6.61 Å². The van der Waals surface area contributed by atoms with Gasteiger partial charge in [-0.25, -0.2) is 0 Å². The predicted molar refractivity (Wildman–Crippen MR) is 58.9 cm³/mol. The first-order chi connectivity index (χ1) is 7.22. The minimum Gasteiger partial charge on any atom is -0.465 e. The highest BCUT2D eigenvalue weighted by Gasteiger charge is 2.36. The monoisotopic (exact) mass is 224 g/mol. The van der Waals surface area contributed by atoms with Gasteiger partial charge in [0.1, 0.15) is 0 Å². The van der Waals surface area contributed by atoms with E-state index in [9.17, 15) is 4.79 Å². The van der Waals surface area contributed by atoms with Gasteiger partial charge < -0.3 is 4.74 Å². The Bertz CT molecular complexity index is 358. The highest BCUT2D eigenvalue weighted by atomic mass is 35.5. The molecule has 2 nitrogen and oxygen atoms in total. The molecule has 1 fully saturated rings. The molecule has 0 bridgehead atoms. The zero-order chi connectivity index (χ0) is 10.8. The fraction of sp³-hybridized carbons (Fsp3) is 0.417. The minimum atomic E-state index is -0.0718. The van der Waals surface area contributed by atoms with Gasteiger partial charge in [-0.1, -0.05) is 30.7 Å². The summed E-state index contributed by atoms with van der Waals surface area (Å²) < 4.78 is 5.08. The molecule has 2 atom stereocenters. The SMILES string of the molecule is CC[C@@H]1C(=O)OC[C@@H]1c1ccc(Cl)cc1. The first-order valence-electron chi connectivity index (χ1n) is 5.14. The molecule has 80 valence electrons. The largest absolute Gasteiger partial charge is 0.465 e. The summed E-state index contributed by atoms with van der Waals surface area (Å²) in [5.41, 5.74) is 1.14. The lowest BCUT2D eigenvalue weighted by molar-refractivity contribution is -0.141. The average Bonchev–Trinajstić information content (AvgIpc) is 2.61. The molecule has 1 aliphatic rings. The van der Waals surface area contributed by atoms with Gasteiger partial charge in [-0.05, 0) is 24.1 Å². The number of hydrogen-bond donors (Lipinski definition) is 0. The van der Waals surface area contributed by atoms with Gasteiger partial charge in [-0.3, -0.25) is 4.79 Å². The van der Waals surface area contributed by atoms with Crippen molar-refractivity contribution < 1.29 is 9.53 Å². The highest BCUT2D eigenvalue weighted by Crippen LogP contribution is 2.34. The molecule has 2 rings (SSSR count). The fourth-order valence-corrected chi connectivity index (χ4v) is 2.18. The Labute approximate surface area is 94.2 Å². The summed E-state index contributed by atoms with van der Waals surface area (Å²) in [5, 5.41) is 0.719. The van der Waals surface area contributed by atoms with Crippen molar-refractivity contribution in [1.82, 2.24) is 0 Å². The zero-order valence-corrected chi connectivity index (χ0v) is 9.33. The third kappa shape index (κ3) is 2.00. The van der Waals surface area contributed by atoms with Crippen LogP contribution in [0.25, 0.3) is 0 Å². The number of rotatable bonds is 2. The zero-order valence-electron chi connectivity index (χ0n) is 8.57. The van der Waals surface area contributed by atoms with E-state index < -0.39 is 0 Å². The van der Waals surface area contributed by atoms with Gasteiger partial charge in [0.2, 0.25) is 0 Å². The molecular weight excluding hydrogens is 212 g/mol. The number of ether oxygens (including phenoxy) is 1. The van der Waals surface area contributed by atoms with Crippen molar-refractivity contribution in [3.8, 4) is 0 Å². The first kappa shape index (κ1) is 10.5. The highest BCUT2D eigenvalue weighted by molar-refractivity contribution is 6.30. The molecule has 0 unspecified atom stereocenters. The molecule has 1 saturated heterocycles. The predicted octanol–water partition coefficient (Wildman–Crippen LogP) is 3.01. The molecule has 0 aromatic heterocycles. The molecule has 1 aromatic carbocycles. The van der Waals surface area contributed by atoms with E-state index in [1.807, 2.05) is 31.2 Å². The Balaban J connectivity index is 2.23. The van der Waals surface area contributed by atoms with E-state index in [1.54, 1.807) is 0 Å². The number of halogens is 1. The van der Waals surface area contributed by atoms with Crippen LogP contribution in [0.5, 0.6) is 0 Å². The second kappa shape index (κ2) is 4.23. The lowest BCUT2D eigenvalue weighted by atomic mass is 9.87. The van der Waals surface area contributed by atoms with Crippen LogP contribution in [0.1, 0.15) is 24.8 Å². The van der Waals surface area contributed by atoms with Crippen molar-refractivity contribution in [2.24, 2.45) is 5.92 Å². The Kier molecular flexibility index (Phi) is 2.96. The molecule has 0 spiro atoms. The quantitative estimate of drug-likeness (QED) is 0.722. The van der Waals surface area contributed by atoms with Crippen LogP contribution >= 0.6 is 11.6 Å². The van der Waals surface area contributed by atoms with E-state index in [0.717, 1.165) is 17.0 Å². The van der Waals surface area contributed by atoms with Crippen molar-refractivity contribution in [2.45, 2.75) is 19.3 Å². The molecule has 15 heavy (non-hydrogen) atoms. The van der Waals surface area contributed by atoms with Crippen molar-refractivity contribution in [3.63, 3.8) is 0 Å².